The summed E-state index contributed by atoms with van der Waals surface area (Å²) >= 11 is 0. The summed E-state index contributed by atoms with van der Waals surface area (Å²) in [6.45, 7) is 10.3. The number of rotatable bonds is 11. The van der Waals surface area contributed by atoms with Gasteiger partial charge in [-0.1, -0.05) is 44.2 Å². The van der Waals surface area contributed by atoms with Crippen LogP contribution in [0.3, 0.4) is 0 Å². The second kappa shape index (κ2) is 17.5. The zero-order chi connectivity index (χ0) is 42.0. The Bertz CT molecular complexity index is 2210. The van der Waals surface area contributed by atoms with E-state index in [1.54, 1.807) is 31.4 Å². The Hall–Kier alpha value is -5.89. The quantitative estimate of drug-likeness (QED) is 0.186. The topological polar surface area (TPSA) is 182 Å². The Kier molecular flexibility index (Phi) is 12.3. The predicted molar refractivity (Wildman–Crippen MR) is 224 cm³/mol. The average molecular weight is 804 g/mol. The summed E-state index contributed by atoms with van der Waals surface area (Å²) in [4.78, 5) is 68.3. The largest absolute Gasteiger partial charge is 0.507 e. The molecule has 0 bridgehead atoms. The molecule has 7 rings (SSSR count). The normalized spacial score (nSPS) is 20.2. The Morgan fingerprint density at radius 2 is 1.68 bits per heavy atom. The van der Waals surface area contributed by atoms with E-state index in [4.69, 9.17) is 4.74 Å². The smallest absolute Gasteiger partial charge is 0.268 e. The molecule has 0 aliphatic carbocycles. The van der Waals surface area contributed by atoms with Crippen LogP contribution in [0.15, 0.2) is 64.8 Å². The zero-order valence-electron chi connectivity index (χ0n) is 34.3. The molecule has 14 heteroatoms. The van der Waals surface area contributed by atoms with Gasteiger partial charge in [0.25, 0.3) is 11.8 Å². The number of methoxy groups -OCH3 is 1. The third-order valence-corrected chi connectivity index (χ3v) is 11.8. The molecule has 4 aliphatic heterocycles. The highest BCUT2D eigenvalue weighted by molar-refractivity contribution is 6.41. The number of aromatic hydroxyl groups is 1. The van der Waals surface area contributed by atoms with Crippen LogP contribution in [0.25, 0.3) is 0 Å². The maximum atomic E-state index is 13.5. The number of hydrogen-bond acceptors (Lipinski definition) is 10. The number of fused-ring (bicyclic) bond motifs is 1. The maximum absolute atomic E-state index is 13.5. The standard InChI is InChI=1S/C45H53N7O7/c1-25(2)32-21-33(38(53)22-39(32)59-5)36-14-13-30(41(50-49-36)44(57)46-26(3)4)28-11-9-27(10-12-28)23-51-19-17-29(18-20-51)42(55)47-35-8-6-7-31-34(35)24-52(45(31)58)37-15-16-40(54)48-43(37)56/h6-12,21-22,25-26,29-30,37,53H,13-20,23-24H2,1-5H3,(H,46,57)(H,47,55)(H,48,54,56). The van der Waals surface area contributed by atoms with Crippen LogP contribution in [0.5, 0.6) is 11.5 Å². The van der Waals surface area contributed by atoms with Gasteiger partial charge >= 0.3 is 0 Å². The van der Waals surface area contributed by atoms with Crippen molar-refractivity contribution >= 4 is 46.6 Å². The summed E-state index contributed by atoms with van der Waals surface area (Å²) in [6, 6.07) is 16.2. The minimum absolute atomic E-state index is 0.0537. The first kappa shape index (κ1) is 41.3. The molecule has 310 valence electrons. The molecule has 2 atom stereocenters. The predicted octanol–water partition coefficient (Wildman–Crippen LogP) is 5.38. The molecule has 59 heavy (non-hydrogen) atoms. The molecule has 5 amide bonds. The van der Waals surface area contributed by atoms with Crippen LogP contribution in [0.4, 0.5) is 5.69 Å². The molecule has 4 N–H and O–H groups in total. The molecule has 2 saturated heterocycles. The zero-order valence-corrected chi connectivity index (χ0v) is 34.3. The van der Waals surface area contributed by atoms with E-state index in [2.05, 4.69) is 69.2 Å². The number of benzene rings is 3. The molecule has 2 unspecified atom stereocenters. The molecule has 4 heterocycles. The van der Waals surface area contributed by atoms with Gasteiger partial charge in [-0.25, -0.2) is 0 Å². The van der Waals surface area contributed by atoms with Crippen LogP contribution in [0.1, 0.15) is 116 Å². The van der Waals surface area contributed by atoms with E-state index in [0.717, 1.165) is 29.8 Å². The molecule has 0 spiro atoms. The molecule has 0 radical (unpaired) electrons. The van der Waals surface area contributed by atoms with Crippen LogP contribution in [-0.2, 0) is 32.3 Å². The van der Waals surface area contributed by atoms with E-state index < -0.39 is 11.9 Å². The number of phenolic OH excluding ortho intramolecular Hbond substituents is 1. The number of anilines is 1. The molecule has 14 nitrogen and oxygen atoms in total. The third-order valence-electron chi connectivity index (χ3n) is 11.8. The number of hydrogen-bond donors (Lipinski definition) is 4. The summed E-state index contributed by atoms with van der Waals surface area (Å²) in [5.74, 6) is -1.14. The van der Waals surface area contributed by atoms with Crippen molar-refractivity contribution in [3.05, 3.63) is 88.0 Å². The lowest BCUT2D eigenvalue weighted by Crippen LogP contribution is -2.52. The van der Waals surface area contributed by atoms with Crippen molar-refractivity contribution in [1.29, 1.82) is 0 Å². The van der Waals surface area contributed by atoms with E-state index in [0.29, 0.717) is 71.8 Å². The van der Waals surface area contributed by atoms with E-state index in [9.17, 15) is 29.1 Å². The van der Waals surface area contributed by atoms with Gasteiger partial charge in [0.05, 0.1) is 12.8 Å². The molecule has 4 aliphatic rings. The van der Waals surface area contributed by atoms with Crippen LogP contribution in [0.2, 0.25) is 0 Å². The van der Waals surface area contributed by atoms with E-state index in [1.807, 2.05) is 19.9 Å². The summed E-state index contributed by atoms with van der Waals surface area (Å²) in [7, 11) is 1.58. The first-order valence-corrected chi connectivity index (χ1v) is 20.6. The van der Waals surface area contributed by atoms with Gasteiger partial charge in [0, 0.05) is 65.8 Å². The summed E-state index contributed by atoms with van der Waals surface area (Å²) in [5, 5.41) is 28.4. The molecule has 2 fully saturated rings. The molecule has 3 aromatic rings. The number of phenols is 1. The number of nitrogens with zero attached hydrogens (tertiary/aromatic N) is 4. The van der Waals surface area contributed by atoms with Gasteiger partial charge in [-0.2, -0.15) is 5.10 Å². The van der Waals surface area contributed by atoms with Crippen LogP contribution < -0.4 is 20.7 Å². The van der Waals surface area contributed by atoms with Crippen molar-refractivity contribution in [2.75, 3.05) is 25.5 Å². The second-order valence-corrected chi connectivity index (χ2v) is 16.5. The fraction of sp³-hybridized carbons (Fsp3) is 0.444. The number of nitrogens with one attached hydrogen (secondary N) is 3. The Morgan fingerprint density at radius 3 is 2.36 bits per heavy atom. The van der Waals surface area contributed by atoms with Gasteiger partial charge in [0.15, 0.2) is 0 Å². The van der Waals surface area contributed by atoms with Gasteiger partial charge in [0.1, 0.15) is 23.3 Å². The van der Waals surface area contributed by atoms with Crippen LogP contribution in [-0.4, -0.2) is 88.1 Å². The monoisotopic (exact) mass is 803 g/mol. The maximum Gasteiger partial charge on any atom is 0.268 e. The number of imide groups is 1. The molecular formula is C45H53N7O7. The van der Waals surface area contributed by atoms with Crippen molar-refractivity contribution in [2.45, 2.75) is 103 Å². The third kappa shape index (κ3) is 8.92. The summed E-state index contributed by atoms with van der Waals surface area (Å²) in [6.07, 6.45) is 2.88. The van der Waals surface area contributed by atoms with Gasteiger partial charge < -0.3 is 25.4 Å². The number of piperidine rings is 2. The van der Waals surface area contributed by atoms with E-state index in [1.165, 1.54) is 4.90 Å². The number of carbonyl (C=O) groups excluding carboxylic acids is 5. The Balaban J connectivity index is 0.970. The summed E-state index contributed by atoms with van der Waals surface area (Å²) in [5.41, 5.74) is 6.25. The average Bonchev–Trinajstić information content (AvgIpc) is 3.38. The summed E-state index contributed by atoms with van der Waals surface area (Å²) < 4.78 is 5.52. The minimum Gasteiger partial charge on any atom is -0.507 e. The van der Waals surface area contributed by atoms with Crippen LogP contribution in [0, 0.1) is 5.92 Å². The first-order valence-electron chi connectivity index (χ1n) is 20.6. The van der Waals surface area contributed by atoms with E-state index in [-0.39, 0.29) is 72.6 Å². The highest BCUT2D eigenvalue weighted by atomic mass is 16.5. The number of likely N-dealkylation sites (tertiary alicyclic amines) is 1. The minimum atomic E-state index is -0.723. The lowest BCUT2D eigenvalue weighted by atomic mass is 9.86. The van der Waals surface area contributed by atoms with E-state index >= 15 is 0 Å². The Labute approximate surface area is 344 Å². The van der Waals surface area contributed by atoms with Crippen LogP contribution >= 0.6 is 0 Å². The van der Waals surface area contributed by atoms with Crippen molar-refractivity contribution in [3.8, 4) is 11.5 Å². The van der Waals surface area contributed by atoms with Crippen molar-refractivity contribution in [2.24, 2.45) is 16.1 Å². The second-order valence-electron chi connectivity index (χ2n) is 16.5. The fourth-order valence-corrected chi connectivity index (χ4v) is 8.55. The molecular weight excluding hydrogens is 751 g/mol. The van der Waals surface area contributed by atoms with Gasteiger partial charge in [-0.15, -0.1) is 5.10 Å². The van der Waals surface area contributed by atoms with Crippen molar-refractivity contribution in [1.82, 2.24) is 20.4 Å². The first-order chi connectivity index (χ1) is 28.3. The molecule has 0 saturated carbocycles. The lowest BCUT2D eigenvalue weighted by Gasteiger charge is -2.31. The SMILES string of the molecule is COc1cc(O)c(C2=NN=C(C(=O)NC(C)C)C(c3ccc(CN4CCC(C(=O)Nc5cccc6c5CN(C5CCC(=O)NC5=O)C6=O)CC4)cc3)CC2)cc1C(C)C. The Morgan fingerprint density at radius 1 is 0.932 bits per heavy atom. The number of ether oxygens (including phenoxy) is 1. The number of carbonyl (C=O) groups is 5. The highest BCUT2D eigenvalue weighted by Gasteiger charge is 2.40. The van der Waals surface area contributed by atoms with Gasteiger partial charge in [0.2, 0.25) is 17.7 Å². The highest BCUT2D eigenvalue weighted by Crippen LogP contribution is 2.37. The van der Waals surface area contributed by atoms with Gasteiger partial charge in [-0.3, -0.25) is 34.2 Å². The molecule has 0 aromatic heterocycles. The molecule has 3 aromatic carbocycles. The number of amides is 5. The fourth-order valence-electron chi connectivity index (χ4n) is 8.55. The van der Waals surface area contributed by atoms with Crippen molar-refractivity contribution < 1.29 is 33.8 Å². The van der Waals surface area contributed by atoms with Crippen molar-refractivity contribution in [3.63, 3.8) is 0 Å². The lowest BCUT2D eigenvalue weighted by molar-refractivity contribution is -0.137. The van der Waals surface area contributed by atoms with Gasteiger partial charge in [-0.05, 0) is 99.8 Å².